The minimum absolute atomic E-state index is 0.0883. The van der Waals surface area contributed by atoms with E-state index in [2.05, 4.69) is 36.6 Å². The number of nitrogens with zero attached hydrogens (tertiary/aromatic N) is 2. The predicted octanol–water partition coefficient (Wildman–Crippen LogP) is 6.81. The fourth-order valence-electron chi connectivity index (χ4n) is 2.84. The molecule has 0 fully saturated rings. The smallest absolute Gasteiger partial charge is 0.234 e. The number of thioether (sulfide) groups is 1. The van der Waals surface area contributed by atoms with Crippen LogP contribution in [0, 0.1) is 6.92 Å². The summed E-state index contributed by atoms with van der Waals surface area (Å²) in [5, 5.41) is 7.46. The molecule has 8 heteroatoms. The van der Waals surface area contributed by atoms with Gasteiger partial charge in [0.15, 0.2) is 0 Å². The van der Waals surface area contributed by atoms with Gasteiger partial charge >= 0.3 is 0 Å². The van der Waals surface area contributed by atoms with E-state index >= 15 is 0 Å². The molecule has 2 aromatic heterocycles. The van der Waals surface area contributed by atoms with E-state index in [1.54, 1.807) is 17.7 Å². The molecule has 4 rings (SSSR count). The Morgan fingerprint density at radius 2 is 2.00 bits per heavy atom. The van der Waals surface area contributed by atoms with Crippen LogP contribution >= 0.6 is 50.6 Å². The number of amides is 1. The van der Waals surface area contributed by atoms with Crippen LogP contribution in [-0.2, 0) is 4.79 Å². The van der Waals surface area contributed by atoms with Gasteiger partial charge in [0.05, 0.1) is 16.8 Å². The van der Waals surface area contributed by atoms with Crippen molar-refractivity contribution in [3.8, 4) is 11.1 Å². The number of anilines is 1. The summed E-state index contributed by atoms with van der Waals surface area (Å²) in [6, 6.07) is 13.5. The monoisotopic (exact) mass is 503 g/mol. The van der Waals surface area contributed by atoms with Gasteiger partial charge in [-0.05, 0) is 58.2 Å². The fourth-order valence-corrected chi connectivity index (χ4v) is 5.35. The van der Waals surface area contributed by atoms with Gasteiger partial charge in [0.25, 0.3) is 0 Å². The molecule has 0 atom stereocenters. The fraction of sp³-hybridized carbons (Fsp3) is 0.0952. The maximum atomic E-state index is 12.5. The average molecular weight is 505 g/mol. The topological polar surface area (TPSA) is 54.9 Å². The van der Waals surface area contributed by atoms with Gasteiger partial charge in [0.1, 0.15) is 16.2 Å². The number of rotatable bonds is 5. The quantitative estimate of drug-likeness (QED) is 0.239. The lowest BCUT2D eigenvalue weighted by Crippen LogP contribution is -2.14. The molecule has 1 amide bonds. The summed E-state index contributed by atoms with van der Waals surface area (Å²) in [5.74, 6) is 0.164. The average Bonchev–Trinajstić information content (AvgIpc) is 3.14. The number of hydrogen-bond donors (Lipinski definition) is 1. The molecule has 4 aromatic rings. The Morgan fingerprint density at radius 1 is 1.21 bits per heavy atom. The minimum atomic E-state index is -0.0883. The highest BCUT2D eigenvalue weighted by Crippen LogP contribution is 2.38. The standard InChI is InChI=1S/C21H15BrClN3OS2/c1-12-2-7-17(16(22)8-12)26-18(27)10-29-21-19-15(9-28-20(19)24-11-25-21)13-3-5-14(23)6-4-13/h2-9,11H,10H2,1H3,(H,26,27). The second kappa shape index (κ2) is 8.83. The first-order valence-corrected chi connectivity index (χ1v) is 11.7. The molecule has 0 aliphatic heterocycles. The molecule has 0 aliphatic carbocycles. The molecule has 0 spiro atoms. The molecule has 0 saturated carbocycles. The number of thiophene rings is 1. The van der Waals surface area contributed by atoms with Crippen molar-refractivity contribution in [2.45, 2.75) is 11.9 Å². The second-order valence-corrected chi connectivity index (χ2v) is 9.45. The van der Waals surface area contributed by atoms with Crippen LogP contribution in [0.5, 0.6) is 0 Å². The van der Waals surface area contributed by atoms with E-state index in [1.807, 2.05) is 49.4 Å². The molecule has 2 heterocycles. The van der Waals surface area contributed by atoms with Gasteiger partial charge in [-0.15, -0.1) is 11.3 Å². The van der Waals surface area contributed by atoms with Crippen molar-refractivity contribution in [3.63, 3.8) is 0 Å². The molecule has 2 aromatic carbocycles. The Morgan fingerprint density at radius 3 is 2.76 bits per heavy atom. The van der Waals surface area contributed by atoms with Crippen LogP contribution in [0.25, 0.3) is 21.3 Å². The van der Waals surface area contributed by atoms with Crippen LogP contribution in [0.3, 0.4) is 0 Å². The van der Waals surface area contributed by atoms with E-state index < -0.39 is 0 Å². The van der Waals surface area contributed by atoms with Crippen LogP contribution in [0.1, 0.15) is 5.56 Å². The van der Waals surface area contributed by atoms with Crippen LogP contribution in [0.15, 0.2) is 63.7 Å². The summed E-state index contributed by atoms with van der Waals surface area (Å²) in [6.07, 6.45) is 1.54. The zero-order valence-corrected chi connectivity index (χ0v) is 19.3. The summed E-state index contributed by atoms with van der Waals surface area (Å²) in [4.78, 5) is 22.2. The molecule has 0 aliphatic rings. The Bertz CT molecular complexity index is 1190. The number of aromatic nitrogens is 2. The van der Waals surface area contributed by atoms with Gasteiger partial charge in [-0.2, -0.15) is 0 Å². The summed E-state index contributed by atoms with van der Waals surface area (Å²) in [5.41, 5.74) is 3.98. The van der Waals surface area contributed by atoms with Gasteiger partial charge in [-0.25, -0.2) is 9.97 Å². The Labute approximate surface area is 189 Å². The van der Waals surface area contributed by atoms with Crippen LogP contribution < -0.4 is 5.32 Å². The normalized spacial score (nSPS) is 11.0. The summed E-state index contributed by atoms with van der Waals surface area (Å²) in [6.45, 7) is 2.01. The van der Waals surface area contributed by atoms with Gasteiger partial charge in [0.2, 0.25) is 5.91 Å². The van der Waals surface area contributed by atoms with Crippen molar-refractivity contribution < 1.29 is 4.79 Å². The lowest BCUT2D eigenvalue weighted by Gasteiger charge is -2.09. The number of aryl methyl sites for hydroxylation is 1. The molecule has 0 bridgehead atoms. The van der Waals surface area contributed by atoms with E-state index in [0.29, 0.717) is 5.02 Å². The molecular formula is C21H15BrClN3OS2. The lowest BCUT2D eigenvalue weighted by atomic mass is 10.1. The SMILES string of the molecule is Cc1ccc(NC(=O)CSc2ncnc3scc(-c4ccc(Cl)cc4)c23)c(Br)c1. The highest BCUT2D eigenvalue weighted by Gasteiger charge is 2.15. The third kappa shape index (κ3) is 4.64. The molecule has 29 heavy (non-hydrogen) atoms. The zero-order chi connectivity index (χ0) is 20.4. The van der Waals surface area contributed by atoms with Crippen LogP contribution in [0.4, 0.5) is 5.69 Å². The molecule has 146 valence electrons. The van der Waals surface area contributed by atoms with Crippen molar-refractivity contribution in [1.82, 2.24) is 9.97 Å². The maximum absolute atomic E-state index is 12.5. The first-order chi connectivity index (χ1) is 14.0. The molecule has 1 N–H and O–H groups in total. The third-order valence-electron chi connectivity index (χ3n) is 4.23. The number of halogens is 2. The molecule has 0 radical (unpaired) electrons. The first kappa shape index (κ1) is 20.3. The van der Waals surface area contributed by atoms with Crippen molar-refractivity contribution in [1.29, 1.82) is 0 Å². The number of carbonyl (C=O) groups is 1. The first-order valence-electron chi connectivity index (χ1n) is 8.68. The van der Waals surface area contributed by atoms with E-state index in [9.17, 15) is 4.79 Å². The second-order valence-electron chi connectivity index (χ2n) is 6.34. The summed E-state index contributed by atoms with van der Waals surface area (Å²) in [7, 11) is 0. The van der Waals surface area contributed by atoms with E-state index in [-0.39, 0.29) is 11.7 Å². The Balaban J connectivity index is 1.55. The predicted molar refractivity (Wildman–Crippen MR) is 126 cm³/mol. The van der Waals surface area contributed by atoms with Crippen molar-refractivity contribution in [2.24, 2.45) is 0 Å². The number of fused-ring (bicyclic) bond motifs is 1. The number of nitrogens with one attached hydrogen (secondary N) is 1. The molecule has 0 saturated heterocycles. The third-order valence-corrected chi connectivity index (χ3v) is 7.01. The highest BCUT2D eigenvalue weighted by atomic mass is 79.9. The van der Waals surface area contributed by atoms with Crippen LogP contribution in [0.2, 0.25) is 5.02 Å². The van der Waals surface area contributed by atoms with Gasteiger partial charge in [-0.1, -0.05) is 41.6 Å². The zero-order valence-electron chi connectivity index (χ0n) is 15.3. The largest absolute Gasteiger partial charge is 0.324 e. The summed E-state index contributed by atoms with van der Waals surface area (Å²) < 4.78 is 0.864. The Kier molecular flexibility index (Phi) is 6.20. The molecule has 4 nitrogen and oxygen atoms in total. The minimum Gasteiger partial charge on any atom is -0.324 e. The van der Waals surface area contributed by atoms with Crippen LogP contribution in [-0.4, -0.2) is 21.6 Å². The lowest BCUT2D eigenvalue weighted by molar-refractivity contribution is -0.113. The highest BCUT2D eigenvalue weighted by molar-refractivity contribution is 9.10. The van der Waals surface area contributed by atoms with E-state index in [0.717, 1.165) is 42.1 Å². The van der Waals surface area contributed by atoms with E-state index in [1.165, 1.54) is 11.8 Å². The number of carbonyl (C=O) groups excluding carboxylic acids is 1. The maximum Gasteiger partial charge on any atom is 0.234 e. The van der Waals surface area contributed by atoms with Crippen molar-refractivity contribution >= 4 is 72.4 Å². The summed E-state index contributed by atoms with van der Waals surface area (Å²) >= 11 is 12.5. The number of hydrogen-bond acceptors (Lipinski definition) is 5. The molecule has 0 unspecified atom stereocenters. The van der Waals surface area contributed by atoms with Crippen molar-refractivity contribution in [3.05, 3.63) is 69.2 Å². The van der Waals surface area contributed by atoms with Gasteiger partial charge in [-0.3, -0.25) is 4.79 Å². The van der Waals surface area contributed by atoms with E-state index in [4.69, 9.17) is 11.6 Å². The van der Waals surface area contributed by atoms with Crippen molar-refractivity contribution in [2.75, 3.05) is 11.1 Å². The molecular weight excluding hydrogens is 490 g/mol. The number of benzene rings is 2. The van der Waals surface area contributed by atoms with Gasteiger partial charge < -0.3 is 5.32 Å². The van der Waals surface area contributed by atoms with Gasteiger partial charge in [0, 0.05) is 20.4 Å². The Hall–Kier alpha value is -1.93.